The number of morpholine rings is 1. The average Bonchev–Trinajstić information content (AvgIpc) is 3.24. The molecule has 3 heterocycles. The Balaban J connectivity index is 1.75. The van der Waals surface area contributed by atoms with Crippen LogP contribution < -0.4 is 5.32 Å². The Morgan fingerprint density at radius 1 is 1.52 bits per heavy atom. The molecule has 0 bridgehead atoms. The molecule has 0 spiro atoms. The highest BCUT2D eigenvalue weighted by Crippen LogP contribution is 2.31. The predicted octanol–water partition coefficient (Wildman–Crippen LogP) is 2.69. The predicted molar refractivity (Wildman–Crippen MR) is 94.6 cm³/mol. The zero-order chi connectivity index (χ0) is 19.6. The number of carbonyl (C=O) groups excluding carboxylic acids is 1. The summed E-state index contributed by atoms with van der Waals surface area (Å²) in [5.74, 6) is -0.779. The molecule has 0 radical (unpaired) electrons. The topological polar surface area (TPSA) is 59.4 Å². The van der Waals surface area contributed by atoms with Crippen molar-refractivity contribution in [1.82, 2.24) is 20.0 Å². The second-order valence-corrected chi connectivity index (χ2v) is 7.46. The number of alkyl halides is 3. The van der Waals surface area contributed by atoms with Gasteiger partial charge < -0.3 is 10.1 Å². The molecule has 1 saturated heterocycles. The lowest BCUT2D eigenvalue weighted by atomic mass is 10.1. The molecule has 2 atom stereocenters. The Labute approximate surface area is 158 Å². The average molecular weight is 402 g/mol. The monoisotopic (exact) mass is 402 g/mol. The van der Waals surface area contributed by atoms with Crippen LogP contribution in [0, 0.1) is 0 Å². The summed E-state index contributed by atoms with van der Waals surface area (Å²) in [5.41, 5.74) is -1.64. The third kappa shape index (κ3) is 4.69. The summed E-state index contributed by atoms with van der Waals surface area (Å²) in [6.45, 7) is 4.15. The van der Waals surface area contributed by atoms with Crippen molar-refractivity contribution < 1.29 is 22.7 Å². The highest BCUT2D eigenvalue weighted by atomic mass is 32.1. The first-order valence-electron chi connectivity index (χ1n) is 8.54. The molecule has 0 aromatic carbocycles. The van der Waals surface area contributed by atoms with Gasteiger partial charge in [0, 0.05) is 37.8 Å². The number of rotatable bonds is 5. The molecule has 0 unspecified atom stereocenters. The van der Waals surface area contributed by atoms with Crippen molar-refractivity contribution in [2.24, 2.45) is 7.05 Å². The van der Waals surface area contributed by atoms with E-state index in [4.69, 9.17) is 4.74 Å². The molecule has 148 valence electrons. The summed E-state index contributed by atoms with van der Waals surface area (Å²) in [6, 6.07) is 3.76. The SMILES string of the molecule is C[C@H]1CN([C@@H](CNC(=O)c2cn(C)nc2C(F)(F)F)c2cccs2)CCO1. The lowest BCUT2D eigenvalue weighted by molar-refractivity contribution is -0.141. The molecular weight excluding hydrogens is 381 g/mol. The molecule has 1 amide bonds. The number of thiophene rings is 1. The second kappa shape index (κ2) is 7.99. The number of nitrogens with zero attached hydrogens (tertiary/aromatic N) is 3. The van der Waals surface area contributed by atoms with Crippen LogP contribution in [-0.2, 0) is 18.0 Å². The molecule has 1 aliphatic heterocycles. The number of hydrogen-bond acceptors (Lipinski definition) is 5. The van der Waals surface area contributed by atoms with Crippen molar-refractivity contribution in [3.05, 3.63) is 39.8 Å². The van der Waals surface area contributed by atoms with Crippen molar-refractivity contribution in [3.8, 4) is 0 Å². The third-order valence-corrected chi connectivity index (χ3v) is 5.36. The van der Waals surface area contributed by atoms with Gasteiger partial charge in [-0.3, -0.25) is 14.4 Å². The van der Waals surface area contributed by atoms with E-state index in [1.54, 1.807) is 11.3 Å². The zero-order valence-corrected chi connectivity index (χ0v) is 15.8. The van der Waals surface area contributed by atoms with E-state index in [0.29, 0.717) is 19.7 Å². The van der Waals surface area contributed by atoms with Crippen LogP contribution in [-0.4, -0.2) is 52.9 Å². The van der Waals surface area contributed by atoms with Crippen LogP contribution in [0.3, 0.4) is 0 Å². The van der Waals surface area contributed by atoms with Gasteiger partial charge in [0.15, 0.2) is 5.69 Å². The third-order valence-electron chi connectivity index (χ3n) is 4.38. The van der Waals surface area contributed by atoms with E-state index in [1.807, 2.05) is 24.4 Å². The summed E-state index contributed by atoms with van der Waals surface area (Å²) in [6.07, 6.45) is -3.53. The summed E-state index contributed by atoms with van der Waals surface area (Å²) < 4.78 is 45.9. The van der Waals surface area contributed by atoms with Crippen LogP contribution in [0.4, 0.5) is 13.2 Å². The van der Waals surface area contributed by atoms with Gasteiger partial charge >= 0.3 is 6.18 Å². The summed E-state index contributed by atoms with van der Waals surface area (Å²) in [4.78, 5) is 15.7. The van der Waals surface area contributed by atoms with Crippen LogP contribution in [0.1, 0.15) is 33.9 Å². The van der Waals surface area contributed by atoms with E-state index in [2.05, 4.69) is 15.3 Å². The molecule has 6 nitrogen and oxygen atoms in total. The number of aryl methyl sites for hydroxylation is 1. The maximum Gasteiger partial charge on any atom is 0.435 e. The van der Waals surface area contributed by atoms with Gasteiger partial charge in [0.2, 0.25) is 0 Å². The first-order valence-corrected chi connectivity index (χ1v) is 9.41. The van der Waals surface area contributed by atoms with E-state index >= 15 is 0 Å². The zero-order valence-electron chi connectivity index (χ0n) is 15.0. The Bertz CT molecular complexity index is 776. The quantitative estimate of drug-likeness (QED) is 0.836. The molecule has 10 heteroatoms. The van der Waals surface area contributed by atoms with E-state index in [0.717, 1.165) is 15.8 Å². The number of amides is 1. The van der Waals surface area contributed by atoms with Crippen molar-refractivity contribution in [2.75, 3.05) is 26.2 Å². The maximum atomic E-state index is 13.1. The lowest BCUT2D eigenvalue weighted by Crippen LogP contribution is -2.46. The summed E-state index contributed by atoms with van der Waals surface area (Å²) in [5, 5.41) is 7.98. The van der Waals surface area contributed by atoms with Gasteiger partial charge in [-0.15, -0.1) is 11.3 Å². The van der Waals surface area contributed by atoms with Crippen molar-refractivity contribution >= 4 is 17.2 Å². The van der Waals surface area contributed by atoms with Crippen LogP contribution in [0.2, 0.25) is 0 Å². The minimum absolute atomic E-state index is 0.0621. The van der Waals surface area contributed by atoms with Crippen molar-refractivity contribution in [2.45, 2.75) is 25.2 Å². The molecule has 1 aliphatic rings. The first kappa shape index (κ1) is 19.8. The molecular formula is C17H21F3N4O2S. The molecule has 0 saturated carbocycles. The molecule has 2 aromatic rings. The number of aromatic nitrogens is 2. The van der Waals surface area contributed by atoms with Gasteiger partial charge in [0.1, 0.15) is 0 Å². The van der Waals surface area contributed by atoms with Crippen LogP contribution in [0.25, 0.3) is 0 Å². The molecule has 1 N–H and O–H groups in total. The number of hydrogen-bond donors (Lipinski definition) is 1. The number of nitrogens with one attached hydrogen (secondary N) is 1. The Morgan fingerprint density at radius 2 is 2.30 bits per heavy atom. The van der Waals surface area contributed by atoms with Gasteiger partial charge in [-0.1, -0.05) is 6.07 Å². The standard InChI is InChI=1S/C17H21F3N4O2S/c1-11-9-24(5-6-26-11)13(14-4-3-7-27-14)8-21-16(25)12-10-23(2)22-15(12)17(18,19)20/h3-4,7,10-11,13H,5-6,8-9H2,1-2H3,(H,21,25)/t11-,13-/m0/s1. The fourth-order valence-electron chi connectivity index (χ4n) is 3.17. The van der Waals surface area contributed by atoms with Crippen LogP contribution in [0.15, 0.2) is 23.7 Å². The molecule has 27 heavy (non-hydrogen) atoms. The largest absolute Gasteiger partial charge is 0.435 e. The van der Waals surface area contributed by atoms with Crippen LogP contribution in [0.5, 0.6) is 0 Å². The van der Waals surface area contributed by atoms with Crippen molar-refractivity contribution in [1.29, 1.82) is 0 Å². The lowest BCUT2D eigenvalue weighted by Gasteiger charge is -2.37. The second-order valence-electron chi connectivity index (χ2n) is 6.48. The Morgan fingerprint density at radius 3 is 2.93 bits per heavy atom. The Hall–Kier alpha value is -1.91. The molecule has 2 aromatic heterocycles. The van der Waals surface area contributed by atoms with E-state index in [-0.39, 0.29) is 18.7 Å². The summed E-state index contributed by atoms with van der Waals surface area (Å²) >= 11 is 1.55. The summed E-state index contributed by atoms with van der Waals surface area (Å²) in [7, 11) is 1.36. The molecule has 3 rings (SSSR count). The van der Waals surface area contributed by atoms with Gasteiger partial charge in [0.25, 0.3) is 5.91 Å². The van der Waals surface area contributed by atoms with Crippen LogP contribution >= 0.6 is 11.3 Å². The van der Waals surface area contributed by atoms with Crippen molar-refractivity contribution in [3.63, 3.8) is 0 Å². The highest BCUT2D eigenvalue weighted by Gasteiger charge is 2.39. The van der Waals surface area contributed by atoms with Gasteiger partial charge in [-0.2, -0.15) is 18.3 Å². The first-order chi connectivity index (χ1) is 12.8. The fraction of sp³-hybridized carbons (Fsp3) is 0.529. The normalized spacial score (nSPS) is 19.8. The molecule has 0 aliphatic carbocycles. The number of carbonyl (C=O) groups is 1. The van der Waals surface area contributed by atoms with Gasteiger partial charge in [0.05, 0.1) is 24.3 Å². The number of ether oxygens (including phenoxy) is 1. The molecule has 1 fully saturated rings. The Kier molecular flexibility index (Phi) is 5.87. The minimum Gasteiger partial charge on any atom is -0.376 e. The number of halogens is 3. The minimum atomic E-state index is -4.68. The van der Waals surface area contributed by atoms with E-state index < -0.39 is 23.3 Å². The fourth-order valence-corrected chi connectivity index (χ4v) is 4.03. The highest BCUT2D eigenvalue weighted by molar-refractivity contribution is 7.10. The van der Waals surface area contributed by atoms with Gasteiger partial charge in [-0.25, -0.2) is 0 Å². The maximum absolute atomic E-state index is 13.1. The van der Waals surface area contributed by atoms with Gasteiger partial charge in [-0.05, 0) is 18.4 Å². The van der Waals surface area contributed by atoms with E-state index in [1.165, 1.54) is 7.05 Å². The van der Waals surface area contributed by atoms with E-state index in [9.17, 15) is 18.0 Å². The smallest absolute Gasteiger partial charge is 0.376 e.